The van der Waals surface area contributed by atoms with Crippen molar-refractivity contribution in [1.82, 2.24) is 9.80 Å². The van der Waals surface area contributed by atoms with Crippen molar-refractivity contribution < 1.29 is 18.7 Å². The molecule has 3 fully saturated rings. The molecule has 4 heterocycles. The summed E-state index contributed by atoms with van der Waals surface area (Å²) >= 11 is 10.4. The third-order valence-electron chi connectivity index (χ3n) is 6.72. The minimum atomic E-state index is -0.472. The Kier molecular flexibility index (Phi) is 7.13. The summed E-state index contributed by atoms with van der Waals surface area (Å²) < 4.78 is 12.4. The van der Waals surface area contributed by atoms with Gasteiger partial charge < -0.3 is 24.3 Å². The van der Waals surface area contributed by atoms with Gasteiger partial charge in [0.2, 0.25) is 0 Å². The summed E-state index contributed by atoms with van der Waals surface area (Å²) in [5.41, 5.74) is 1.78. The fourth-order valence-corrected chi connectivity index (χ4v) is 5.09. The lowest BCUT2D eigenvalue weighted by atomic mass is 10.1. The van der Waals surface area contributed by atoms with Crippen LogP contribution in [0.25, 0.3) is 11.3 Å². The molecule has 0 unspecified atom stereocenters. The first-order valence-electron chi connectivity index (χ1n) is 11.8. The lowest BCUT2D eigenvalue weighted by molar-refractivity contribution is 0.0653. The fraction of sp³-hybridized carbons (Fsp3) is 0.308. The molecule has 0 saturated carbocycles. The van der Waals surface area contributed by atoms with Crippen LogP contribution in [0.3, 0.4) is 0 Å². The minimum Gasteiger partial charge on any atom is -0.495 e. The van der Waals surface area contributed by atoms with E-state index in [1.54, 1.807) is 42.5 Å². The second-order valence-electron chi connectivity index (χ2n) is 8.87. The van der Waals surface area contributed by atoms with Crippen LogP contribution in [-0.2, 0) is 0 Å². The lowest BCUT2D eigenvalue weighted by Crippen LogP contribution is -2.41. The summed E-state index contributed by atoms with van der Waals surface area (Å²) in [5, 5.41) is 3.22. The molecule has 3 aromatic rings. The van der Waals surface area contributed by atoms with E-state index < -0.39 is 6.03 Å². The number of thiol groups is 1. The van der Waals surface area contributed by atoms with Gasteiger partial charge in [-0.2, -0.15) is 0 Å². The van der Waals surface area contributed by atoms with E-state index in [1.807, 2.05) is 17.0 Å². The van der Waals surface area contributed by atoms with Crippen molar-refractivity contribution in [1.29, 1.82) is 0 Å². The van der Waals surface area contributed by atoms with E-state index in [0.717, 1.165) is 44.6 Å². The number of rotatable bonds is 5. The molecule has 0 aliphatic carbocycles. The summed E-state index contributed by atoms with van der Waals surface area (Å²) in [7, 11) is 1.51. The number of hydrogen-bond acceptors (Lipinski definition) is 6. The van der Waals surface area contributed by atoms with Crippen LogP contribution < -0.4 is 14.4 Å². The first-order chi connectivity index (χ1) is 17.4. The van der Waals surface area contributed by atoms with Gasteiger partial charge in [-0.3, -0.25) is 4.79 Å². The number of nitrogens with one attached hydrogen (secondary N) is 1. The Hall–Kier alpha value is -3.14. The minimum absolute atomic E-state index is 0.0544. The molecule has 0 atom stereocenters. The summed E-state index contributed by atoms with van der Waals surface area (Å²) in [6, 6.07) is 15.4. The number of anilines is 2. The van der Waals surface area contributed by atoms with Crippen molar-refractivity contribution in [3.63, 3.8) is 0 Å². The largest absolute Gasteiger partial charge is 0.495 e. The standard InChI is InChI=1S/C26H27ClN4O4S/c1-34-23-7-4-18(27)16-21(23)28-26(33)31(36)20-5-2-17(3-6-20)22-8-9-24(35-22)25(32)30-15-14-29-12-10-19(30)11-13-29/h2-9,16,19,36H,10-15H2,1H3,(H,28,33). The summed E-state index contributed by atoms with van der Waals surface area (Å²) in [5.74, 6) is 1.37. The van der Waals surface area contributed by atoms with Gasteiger partial charge in [0.05, 0.1) is 18.5 Å². The van der Waals surface area contributed by atoms with Gasteiger partial charge in [0.15, 0.2) is 5.76 Å². The van der Waals surface area contributed by atoms with Crippen LogP contribution in [0.2, 0.25) is 5.02 Å². The van der Waals surface area contributed by atoms with Crippen LogP contribution >= 0.6 is 24.4 Å². The second-order valence-corrected chi connectivity index (χ2v) is 9.71. The van der Waals surface area contributed by atoms with Gasteiger partial charge in [-0.1, -0.05) is 24.4 Å². The van der Waals surface area contributed by atoms with Gasteiger partial charge in [0.25, 0.3) is 5.91 Å². The van der Waals surface area contributed by atoms with Crippen molar-refractivity contribution in [2.45, 2.75) is 18.9 Å². The normalized spacial score (nSPS) is 19.0. The number of carbonyl (C=O) groups excluding carboxylic acids is 2. The Labute approximate surface area is 220 Å². The number of carbonyl (C=O) groups is 2. The lowest BCUT2D eigenvalue weighted by Gasteiger charge is -2.30. The number of amides is 3. The number of nitrogens with zero attached hydrogens (tertiary/aromatic N) is 3. The highest BCUT2D eigenvalue weighted by Crippen LogP contribution is 2.31. The predicted octanol–water partition coefficient (Wildman–Crippen LogP) is 5.41. The molecule has 0 radical (unpaired) electrons. The van der Waals surface area contributed by atoms with Crippen molar-refractivity contribution >= 4 is 47.7 Å². The monoisotopic (exact) mass is 526 g/mol. The number of ether oxygens (including phenoxy) is 1. The maximum atomic E-state index is 13.2. The Balaban J connectivity index is 1.26. The van der Waals surface area contributed by atoms with Gasteiger partial charge >= 0.3 is 6.03 Å². The Bertz CT molecular complexity index is 1260. The zero-order valence-corrected chi connectivity index (χ0v) is 21.5. The molecular weight excluding hydrogens is 500 g/mol. The van der Waals surface area contributed by atoms with Gasteiger partial charge in [0, 0.05) is 42.8 Å². The number of hydrogen-bond donors (Lipinski definition) is 2. The molecule has 1 N–H and O–H groups in total. The van der Waals surface area contributed by atoms with E-state index in [0.29, 0.717) is 33.7 Å². The first-order valence-corrected chi connectivity index (χ1v) is 12.6. The Morgan fingerprint density at radius 1 is 1.06 bits per heavy atom. The molecule has 10 heteroatoms. The van der Waals surface area contributed by atoms with Crippen LogP contribution in [0.4, 0.5) is 16.2 Å². The number of urea groups is 1. The smallest absolute Gasteiger partial charge is 0.336 e. The summed E-state index contributed by atoms with van der Waals surface area (Å²) in [6.07, 6.45) is 2.03. The zero-order chi connectivity index (χ0) is 25.2. The highest BCUT2D eigenvalue weighted by Gasteiger charge is 2.33. The molecule has 3 amide bonds. The van der Waals surface area contributed by atoms with Crippen molar-refractivity contribution in [2.75, 3.05) is 42.9 Å². The summed E-state index contributed by atoms with van der Waals surface area (Å²) in [4.78, 5) is 30.3. The molecule has 188 valence electrons. The van der Waals surface area contributed by atoms with Gasteiger partial charge in [-0.05, 0) is 67.4 Å². The fourth-order valence-electron chi connectivity index (χ4n) is 4.73. The van der Waals surface area contributed by atoms with Crippen molar-refractivity contribution in [3.8, 4) is 17.1 Å². The Morgan fingerprint density at radius 3 is 2.53 bits per heavy atom. The quantitative estimate of drug-likeness (QED) is 0.434. The molecule has 6 rings (SSSR count). The SMILES string of the molecule is COc1ccc(Cl)cc1NC(=O)N(S)c1ccc(-c2ccc(C(=O)N3CCN4CCC3CC4)o2)cc1. The van der Waals surface area contributed by atoms with Gasteiger partial charge in [0.1, 0.15) is 11.5 Å². The molecule has 3 aliphatic rings. The van der Waals surface area contributed by atoms with E-state index in [-0.39, 0.29) is 11.9 Å². The first kappa shape index (κ1) is 24.5. The van der Waals surface area contributed by atoms with E-state index >= 15 is 0 Å². The Morgan fingerprint density at radius 2 is 1.81 bits per heavy atom. The number of piperidine rings is 1. The maximum absolute atomic E-state index is 13.2. The third-order valence-corrected chi connectivity index (χ3v) is 7.37. The van der Waals surface area contributed by atoms with Crippen molar-refractivity contribution in [2.24, 2.45) is 0 Å². The number of methoxy groups -OCH3 is 1. The third kappa shape index (κ3) is 5.04. The molecular formula is C26H27ClN4O4S. The highest BCUT2D eigenvalue weighted by atomic mass is 35.5. The molecule has 0 spiro atoms. The number of benzene rings is 2. The van der Waals surface area contributed by atoms with Crippen LogP contribution in [0.5, 0.6) is 5.75 Å². The van der Waals surface area contributed by atoms with Gasteiger partial charge in [-0.15, -0.1) is 0 Å². The molecule has 36 heavy (non-hydrogen) atoms. The van der Waals surface area contributed by atoms with Gasteiger partial charge in [-0.25, -0.2) is 9.10 Å². The maximum Gasteiger partial charge on any atom is 0.336 e. The van der Waals surface area contributed by atoms with E-state index in [2.05, 4.69) is 23.0 Å². The van der Waals surface area contributed by atoms with Crippen molar-refractivity contribution in [3.05, 3.63) is 65.4 Å². The van der Waals surface area contributed by atoms with Crippen LogP contribution in [-0.4, -0.2) is 61.1 Å². The molecule has 2 aromatic carbocycles. The van der Waals surface area contributed by atoms with Crippen LogP contribution in [0.1, 0.15) is 23.4 Å². The van der Waals surface area contributed by atoms with E-state index in [4.69, 9.17) is 20.8 Å². The second kappa shape index (κ2) is 10.5. The van der Waals surface area contributed by atoms with Crippen LogP contribution in [0.15, 0.2) is 59.0 Å². The molecule has 1 aromatic heterocycles. The number of furan rings is 1. The molecule has 2 bridgehead atoms. The van der Waals surface area contributed by atoms with E-state index in [9.17, 15) is 9.59 Å². The topological polar surface area (TPSA) is 78.3 Å². The number of halogens is 1. The highest BCUT2D eigenvalue weighted by molar-refractivity contribution is 7.82. The predicted molar refractivity (Wildman–Crippen MR) is 143 cm³/mol. The van der Waals surface area contributed by atoms with E-state index in [1.165, 1.54) is 11.4 Å². The number of fused-ring (bicyclic) bond motifs is 4. The summed E-state index contributed by atoms with van der Waals surface area (Å²) in [6.45, 7) is 3.75. The average molecular weight is 527 g/mol. The average Bonchev–Trinajstić information content (AvgIpc) is 3.20. The zero-order valence-electron chi connectivity index (χ0n) is 19.8. The van der Waals surface area contributed by atoms with Crippen LogP contribution in [0, 0.1) is 0 Å². The molecule has 8 nitrogen and oxygen atoms in total. The molecule has 3 saturated heterocycles. The molecule has 3 aliphatic heterocycles.